The van der Waals surface area contributed by atoms with E-state index < -0.39 is 0 Å². The summed E-state index contributed by atoms with van der Waals surface area (Å²) >= 11 is 6.00. The number of hydrogen-bond donors (Lipinski definition) is 1. The molecular formula is C22H31ClN4O2. The Balaban J connectivity index is 2.26. The van der Waals surface area contributed by atoms with Crippen LogP contribution in [0.3, 0.4) is 0 Å². The van der Waals surface area contributed by atoms with E-state index in [0.717, 1.165) is 11.4 Å². The fraction of sp³-hybridized carbons (Fsp3) is 0.500. The number of carbonyl (C=O) groups excluding carboxylic acids is 2. The van der Waals surface area contributed by atoms with Gasteiger partial charge in [0.15, 0.2) is 0 Å². The van der Waals surface area contributed by atoms with Crippen molar-refractivity contribution < 1.29 is 9.59 Å². The lowest BCUT2D eigenvalue weighted by molar-refractivity contribution is -0.135. The van der Waals surface area contributed by atoms with Crippen LogP contribution in [0.25, 0.3) is 5.69 Å². The van der Waals surface area contributed by atoms with Crippen LogP contribution in [0.15, 0.2) is 30.3 Å². The molecule has 2 rings (SSSR count). The zero-order valence-electron chi connectivity index (χ0n) is 18.1. The average Bonchev–Trinajstić information content (AvgIpc) is 3.03. The standard InChI is InChI=1S/C22H31ClN4O2/c1-7-26(21(29)12-15(2)3)14-20(28)24-19-13-18(22(4,5)6)25-27(19)17-10-8-16(23)9-11-17/h8-11,13,15H,7,12,14H2,1-6H3,(H,24,28). The van der Waals surface area contributed by atoms with Gasteiger partial charge in [-0.1, -0.05) is 46.2 Å². The van der Waals surface area contributed by atoms with E-state index in [0.29, 0.717) is 23.8 Å². The number of nitrogens with zero attached hydrogens (tertiary/aromatic N) is 3. The van der Waals surface area contributed by atoms with E-state index in [1.54, 1.807) is 21.7 Å². The first-order valence-corrected chi connectivity index (χ1v) is 10.3. The Morgan fingerprint density at radius 1 is 1.21 bits per heavy atom. The summed E-state index contributed by atoms with van der Waals surface area (Å²) in [6, 6.07) is 9.14. The van der Waals surface area contributed by atoms with Crippen LogP contribution in [0.1, 0.15) is 53.7 Å². The Morgan fingerprint density at radius 2 is 1.83 bits per heavy atom. The molecule has 0 saturated carbocycles. The molecule has 6 nitrogen and oxygen atoms in total. The van der Waals surface area contributed by atoms with Gasteiger partial charge >= 0.3 is 0 Å². The van der Waals surface area contributed by atoms with Gasteiger partial charge in [-0.15, -0.1) is 0 Å². The van der Waals surface area contributed by atoms with Gasteiger partial charge in [-0.25, -0.2) is 4.68 Å². The Kier molecular flexibility index (Phi) is 7.47. The minimum absolute atomic E-state index is 0.0126. The third kappa shape index (κ3) is 6.32. The molecule has 0 spiro atoms. The number of hydrogen-bond acceptors (Lipinski definition) is 3. The van der Waals surface area contributed by atoms with Crippen molar-refractivity contribution in [2.45, 2.75) is 53.4 Å². The van der Waals surface area contributed by atoms with Crippen molar-refractivity contribution in [2.24, 2.45) is 5.92 Å². The van der Waals surface area contributed by atoms with Crippen LogP contribution in [0.5, 0.6) is 0 Å². The number of amides is 2. The van der Waals surface area contributed by atoms with Crippen LogP contribution in [0.2, 0.25) is 5.02 Å². The van der Waals surface area contributed by atoms with Crippen LogP contribution < -0.4 is 5.32 Å². The monoisotopic (exact) mass is 418 g/mol. The summed E-state index contributed by atoms with van der Waals surface area (Å²) in [5, 5.41) is 8.24. The maximum Gasteiger partial charge on any atom is 0.245 e. The molecule has 158 valence electrons. The molecular weight excluding hydrogens is 388 g/mol. The van der Waals surface area contributed by atoms with E-state index in [9.17, 15) is 9.59 Å². The SMILES string of the molecule is CCN(CC(=O)Nc1cc(C(C)(C)C)nn1-c1ccc(Cl)cc1)C(=O)CC(C)C. The first-order valence-electron chi connectivity index (χ1n) is 9.95. The molecule has 0 saturated heterocycles. The lowest BCUT2D eigenvalue weighted by Gasteiger charge is -2.21. The van der Waals surface area contributed by atoms with Crippen molar-refractivity contribution in [2.75, 3.05) is 18.4 Å². The van der Waals surface area contributed by atoms with E-state index in [4.69, 9.17) is 11.6 Å². The molecule has 0 aliphatic rings. The fourth-order valence-corrected chi connectivity index (χ4v) is 2.95. The van der Waals surface area contributed by atoms with Gasteiger partial charge < -0.3 is 10.2 Å². The van der Waals surface area contributed by atoms with E-state index in [1.165, 1.54) is 0 Å². The molecule has 1 aromatic heterocycles. The maximum atomic E-state index is 12.7. The van der Waals surface area contributed by atoms with Gasteiger partial charge in [-0.2, -0.15) is 5.10 Å². The van der Waals surface area contributed by atoms with Gasteiger partial charge in [0.05, 0.1) is 17.9 Å². The molecule has 0 radical (unpaired) electrons. The van der Waals surface area contributed by atoms with Gasteiger partial charge in [0.1, 0.15) is 5.82 Å². The topological polar surface area (TPSA) is 67.2 Å². The van der Waals surface area contributed by atoms with E-state index in [2.05, 4.69) is 31.2 Å². The normalized spacial score (nSPS) is 11.6. The molecule has 0 bridgehead atoms. The van der Waals surface area contributed by atoms with Crippen molar-refractivity contribution in [3.63, 3.8) is 0 Å². The molecule has 1 N–H and O–H groups in total. The Morgan fingerprint density at radius 3 is 2.34 bits per heavy atom. The largest absolute Gasteiger partial charge is 0.334 e. The van der Waals surface area contributed by atoms with E-state index >= 15 is 0 Å². The molecule has 29 heavy (non-hydrogen) atoms. The second-order valence-electron chi connectivity index (χ2n) is 8.61. The number of anilines is 1. The molecule has 0 fully saturated rings. The molecule has 0 atom stereocenters. The molecule has 2 amide bonds. The van der Waals surface area contributed by atoms with Crippen molar-refractivity contribution in [1.29, 1.82) is 0 Å². The second-order valence-corrected chi connectivity index (χ2v) is 9.04. The van der Waals surface area contributed by atoms with Crippen molar-refractivity contribution in [3.8, 4) is 5.69 Å². The third-order valence-corrected chi connectivity index (χ3v) is 4.72. The highest BCUT2D eigenvalue weighted by Gasteiger charge is 2.23. The van der Waals surface area contributed by atoms with Gasteiger partial charge in [-0.3, -0.25) is 9.59 Å². The number of likely N-dealkylation sites (N-methyl/N-ethyl adjacent to an activating group) is 1. The van der Waals surface area contributed by atoms with Crippen molar-refractivity contribution in [3.05, 3.63) is 41.0 Å². The third-order valence-electron chi connectivity index (χ3n) is 4.47. The Hall–Kier alpha value is -2.34. The number of aromatic nitrogens is 2. The zero-order chi connectivity index (χ0) is 21.8. The van der Waals surface area contributed by atoms with Gasteiger partial charge in [-0.05, 0) is 37.1 Å². The quantitative estimate of drug-likeness (QED) is 0.711. The Labute approximate surface area is 178 Å². The molecule has 1 heterocycles. The molecule has 0 unspecified atom stereocenters. The van der Waals surface area contributed by atoms with Crippen molar-refractivity contribution >= 4 is 29.2 Å². The number of halogens is 1. The van der Waals surface area contributed by atoms with Crippen LogP contribution in [-0.4, -0.2) is 39.6 Å². The number of rotatable bonds is 7. The Bertz CT molecular complexity index is 851. The van der Waals surface area contributed by atoms with Gasteiger partial charge in [0.25, 0.3) is 0 Å². The number of benzene rings is 1. The number of nitrogens with one attached hydrogen (secondary N) is 1. The van der Waals surface area contributed by atoms with E-state index in [1.807, 2.05) is 39.0 Å². The highest BCUT2D eigenvalue weighted by molar-refractivity contribution is 6.30. The van der Waals surface area contributed by atoms with Gasteiger partial charge in [0.2, 0.25) is 11.8 Å². The smallest absolute Gasteiger partial charge is 0.245 e. The van der Waals surface area contributed by atoms with Crippen LogP contribution >= 0.6 is 11.6 Å². The van der Waals surface area contributed by atoms with E-state index in [-0.39, 0.29) is 29.7 Å². The highest BCUT2D eigenvalue weighted by atomic mass is 35.5. The number of carbonyl (C=O) groups is 2. The predicted molar refractivity (Wildman–Crippen MR) is 118 cm³/mol. The van der Waals surface area contributed by atoms with Crippen molar-refractivity contribution in [1.82, 2.24) is 14.7 Å². The van der Waals surface area contributed by atoms with Gasteiger partial charge in [0, 0.05) is 29.5 Å². The first-order chi connectivity index (χ1) is 13.5. The lowest BCUT2D eigenvalue weighted by atomic mass is 9.92. The summed E-state index contributed by atoms with van der Waals surface area (Å²) in [6.45, 7) is 12.6. The summed E-state index contributed by atoms with van der Waals surface area (Å²) in [4.78, 5) is 26.6. The molecule has 0 aliphatic carbocycles. The summed E-state index contributed by atoms with van der Waals surface area (Å²) in [6.07, 6.45) is 0.429. The van der Waals surface area contributed by atoms with Crippen LogP contribution in [0, 0.1) is 5.92 Å². The summed E-state index contributed by atoms with van der Waals surface area (Å²) in [5.74, 6) is 0.550. The molecule has 1 aromatic carbocycles. The lowest BCUT2D eigenvalue weighted by Crippen LogP contribution is -2.38. The maximum absolute atomic E-state index is 12.7. The highest BCUT2D eigenvalue weighted by Crippen LogP contribution is 2.26. The minimum Gasteiger partial charge on any atom is -0.334 e. The second kappa shape index (κ2) is 9.44. The molecule has 2 aromatic rings. The molecule has 0 aliphatic heterocycles. The first kappa shape index (κ1) is 22.9. The summed E-state index contributed by atoms with van der Waals surface area (Å²) < 4.78 is 1.70. The summed E-state index contributed by atoms with van der Waals surface area (Å²) in [5.41, 5.74) is 1.47. The average molecular weight is 419 g/mol. The predicted octanol–water partition coefficient (Wildman–Crippen LogP) is 4.66. The zero-order valence-corrected chi connectivity index (χ0v) is 18.9. The summed E-state index contributed by atoms with van der Waals surface area (Å²) in [7, 11) is 0. The fourth-order valence-electron chi connectivity index (χ4n) is 2.83. The molecule has 7 heteroatoms. The van der Waals surface area contributed by atoms with Crippen LogP contribution in [0.4, 0.5) is 5.82 Å². The van der Waals surface area contributed by atoms with Crippen LogP contribution in [-0.2, 0) is 15.0 Å². The minimum atomic E-state index is -0.250.